The van der Waals surface area contributed by atoms with Crippen LogP contribution in [0.25, 0.3) is 0 Å². The first kappa shape index (κ1) is 17.5. The Hall–Kier alpha value is -2.34. The first-order valence-electron chi connectivity index (χ1n) is 8.74. The minimum atomic E-state index is 0.114. The van der Waals surface area contributed by atoms with Crippen molar-refractivity contribution in [3.05, 3.63) is 47.3 Å². The summed E-state index contributed by atoms with van der Waals surface area (Å²) in [7, 11) is 3.97. The molecule has 0 atom stereocenters. The molecule has 1 aliphatic rings. The zero-order valence-electron chi connectivity index (χ0n) is 15.2. The van der Waals surface area contributed by atoms with Crippen molar-refractivity contribution < 1.29 is 9.32 Å². The number of anilines is 1. The van der Waals surface area contributed by atoms with Crippen molar-refractivity contribution in [2.75, 3.05) is 45.2 Å². The lowest BCUT2D eigenvalue weighted by atomic mass is 10.1. The van der Waals surface area contributed by atoms with E-state index in [-0.39, 0.29) is 5.91 Å². The van der Waals surface area contributed by atoms with Crippen molar-refractivity contribution >= 4 is 11.6 Å². The highest BCUT2D eigenvalue weighted by Crippen LogP contribution is 2.17. The van der Waals surface area contributed by atoms with Crippen molar-refractivity contribution in [3.63, 3.8) is 0 Å². The maximum absolute atomic E-state index is 12.9. The van der Waals surface area contributed by atoms with Crippen LogP contribution < -0.4 is 4.90 Å². The fraction of sp³-hybridized carbons (Fsp3) is 0.474. The van der Waals surface area contributed by atoms with Gasteiger partial charge in [-0.15, -0.1) is 0 Å². The van der Waals surface area contributed by atoms with Gasteiger partial charge in [0.15, 0.2) is 0 Å². The van der Waals surface area contributed by atoms with E-state index in [1.807, 2.05) is 61.2 Å². The summed E-state index contributed by atoms with van der Waals surface area (Å²) in [5.74, 6) is 0.949. The van der Waals surface area contributed by atoms with Crippen LogP contribution in [-0.2, 0) is 6.54 Å². The highest BCUT2D eigenvalue weighted by atomic mass is 16.5. The molecular formula is C19H26N4O2. The number of hydrogen-bond acceptors (Lipinski definition) is 5. The van der Waals surface area contributed by atoms with Gasteiger partial charge in [-0.05, 0) is 31.5 Å². The van der Waals surface area contributed by atoms with Crippen LogP contribution in [0.1, 0.15) is 28.2 Å². The van der Waals surface area contributed by atoms with Gasteiger partial charge in [0.25, 0.3) is 5.91 Å². The summed E-state index contributed by atoms with van der Waals surface area (Å²) in [4.78, 5) is 19.2. The quantitative estimate of drug-likeness (QED) is 0.854. The van der Waals surface area contributed by atoms with Crippen molar-refractivity contribution in [2.45, 2.75) is 19.9 Å². The minimum absolute atomic E-state index is 0.114. The lowest BCUT2D eigenvalue weighted by molar-refractivity contribution is 0.0761. The maximum atomic E-state index is 12.9. The Balaban J connectivity index is 1.62. The number of rotatable bonds is 4. The largest absolute Gasteiger partial charge is 0.378 e. The first-order valence-corrected chi connectivity index (χ1v) is 8.74. The van der Waals surface area contributed by atoms with E-state index in [1.54, 1.807) is 0 Å². The third-order valence-corrected chi connectivity index (χ3v) is 4.55. The molecule has 1 fully saturated rings. The molecule has 0 radical (unpaired) electrons. The van der Waals surface area contributed by atoms with E-state index in [9.17, 15) is 4.79 Å². The van der Waals surface area contributed by atoms with Gasteiger partial charge in [0.05, 0.1) is 5.69 Å². The number of benzene rings is 1. The highest BCUT2D eigenvalue weighted by molar-refractivity contribution is 5.95. The third-order valence-electron chi connectivity index (χ3n) is 4.55. The second kappa shape index (κ2) is 7.70. The van der Waals surface area contributed by atoms with Crippen LogP contribution in [0.2, 0.25) is 0 Å². The Morgan fingerprint density at radius 3 is 2.76 bits per heavy atom. The molecule has 6 nitrogen and oxygen atoms in total. The summed E-state index contributed by atoms with van der Waals surface area (Å²) >= 11 is 0. The van der Waals surface area contributed by atoms with Gasteiger partial charge in [-0.1, -0.05) is 11.2 Å². The van der Waals surface area contributed by atoms with Crippen LogP contribution in [0, 0.1) is 6.92 Å². The average molecular weight is 342 g/mol. The van der Waals surface area contributed by atoms with Crippen molar-refractivity contribution in [2.24, 2.45) is 0 Å². The standard InChI is InChI=1S/C19H26N4O2/c1-15-12-17(20-25-15)14-22-8-5-9-23(11-10-22)19(24)16-6-4-7-18(13-16)21(2)3/h4,6-7,12-13H,5,8-11,14H2,1-3H3. The predicted molar refractivity (Wildman–Crippen MR) is 97.8 cm³/mol. The third kappa shape index (κ3) is 4.39. The number of nitrogens with zero attached hydrogens (tertiary/aromatic N) is 4. The van der Waals surface area contributed by atoms with E-state index >= 15 is 0 Å². The van der Waals surface area contributed by atoms with E-state index in [2.05, 4.69) is 10.1 Å². The molecule has 0 bridgehead atoms. The van der Waals surface area contributed by atoms with Gasteiger partial charge in [0, 0.05) is 64.1 Å². The van der Waals surface area contributed by atoms with Crippen LogP contribution in [-0.4, -0.2) is 61.1 Å². The molecule has 0 spiro atoms. The molecule has 0 aliphatic carbocycles. The SMILES string of the molecule is Cc1cc(CN2CCCN(C(=O)c3cccc(N(C)C)c3)CC2)no1. The minimum Gasteiger partial charge on any atom is -0.378 e. The summed E-state index contributed by atoms with van der Waals surface area (Å²) in [6.45, 7) is 6.02. The molecule has 134 valence electrons. The molecule has 1 saturated heterocycles. The number of hydrogen-bond donors (Lipinski definition) is 0. The molecule has 2 heterocycles. The molecular weight excluding hydrogens is 316 g/mol. The fourth-order valence-electron chi connectivity index (χ4n) is 3.15. The maximum Gasteiger partial charge on any atom is 0.253 e. The molecule has 1 aromatic heterocycles. The molecule has 0 N–H and O–H groups in total. The van der Waals surface area contributed by atoms with E-state index < -0.39 is 0 Å². The average Bonchev–Trinajstić information content (AvgIpc) is 2.87. The molecule has 0 saturated carbocycles. The monoisotopic (exact) mass is 342 g/mol. The van der Waals surface area contributed by atoms with Crippen LogP contribution in [0.15, 0.2) is 34.9 Å². The topological polar surface area (TPSA) is 52.8 Å². The Kier molecular flexibility index (Phi) is 5.38. The smallest absolute Gasteiger partial charge is 0.253 e. The molecule has 0 unspecified atom stereocenters. The summed E-state index contributed by atoms with van der Waals surface area (Å²) in [6, 6.07) is 9.79. The highest BCUT2D eigenvalue weighted by Gasteiger charge is 2.21. The number of carbonyl (C=O) groups excluding carboxylic acids is 1. The van der Waals surface area contributed by atoms with Crippen LogP contribution in [0.3, 0.4) is 0 Å². The summed E-state index contributed by atoms with van der Waals surface area (Å²) in [6.07, 6.45) is 0.968. The lowest BCUT2D eigenvalue weighted by Crippen LogP contribution is -2.35. The lowest BCUT2D eigenvalue weighted by Gasteiger charge is -2.22. The molecule has 1 aromatic carbocycles. The van der Waals surface area contributed by atoms with Crippen LogP contribution in [0.4, 0.5) is 5.69 Å². The predicted octanol–water partition coefficient (Wildman–Crippen LogP) is 2.40. The van der Waals surface area contributed by atoms with E-state index in [1.165, 1.54) is 0 Å². The second-order valence-electron chi connectivity index (χ2n) is 6.80. The van der Waals surface area contributed by atoms with E-state index in [4.69, 9.17) is 4.52 Å². The summed E-state index contributed by atoms with van der Waals surface area (Å²) < 4.78 is 5.14. The molecule has 1 aliphatic heterocycles. The zero-order chi connectivity index (χ0) is 17.8. The summed E-state index contributed by atoms with van der Waals surface area (Å²) in [5.41, 5.74) is 2.76. The van der Waals surface area contributed by atoms with Gasteiger partial charge < -0.3 is 14.3 Å². The van der Waals surface area contributed by atoms with Gasteiger partial charge in [0.2, 0.25) is 0 Å². The van der Waals surface area contributed by atoms with Gasteiger partial charge in [-0.25, -0.2) is 0 Å². The second-order valence-corrected chi connectivity index (χ2v) is 6.80. The van der Waals surface area contributed by atoms with Gasteiger partial charge in [0.1, 0.15) is 5.76 Å². The zero-order valence-corrected chi connectivity index (χ0v) is 15.2. The van der Waals surface area contributed by atoms with Crippen molar-refractivity contribution in [3.8, 4) is 0 Å². The molecule has 6 heteroatoms. The fourth-order valence-corrected chi connectivity index (χ4v) is 3.15. The van der Waals surface area contributed by atoms with Crippen molar-refractivity contribution in [1.82, 2.24) is 15.0 Å². The number of aromatic nitrogens is 1. The number of aryl methyl sites for hydroxylation is 1. The Morgan fingerprint density at radius 1 is 1.20 bits per heavy atom. The normalized spacial score (nSPS) is 15.9. The Bertz CT molecular complexity index is 726. The van der Waals surface area contributed by atoms with Crippen LogP contribution >= 0.6 is 0 Å². The summed E-state index contributed by atoms with van der Waals surface area (Å²) in [5, 5.41) is 4.07. The van der Waals surface area contributed by atoms with E-state index in [0.717, 1.165) is 61.8 Å². The van der Waals surface area contributed by atoms with E-state index in [0.29, 0.717) is 0 Å². The van der Waals surface area contributed by atoms with Gasteiger partial charge >= 0.3 is 0 Å². The number of carbonyl (C=O) groups is 1. The molecule has 3 rings (SSSR count). The Labute approximate surface area is 149 Å². The van der Waals surface area contributed by atoms with Gasteiger partial charge in [-0.3, -0.25) is 9.69 Å². The first-order chi connectivity index (χ1) is 12.0. The molecule has 25 heavy (non-hydrogen) atoms. The van der Waals surface area contributed by atoms with Crippen LogP contribution in [0.5, 0.6) is 0 Å². The number of amides is 1. The Morgan fingerprint density at radius 2 is 2.04 bits per heavy atom. The molecule has 2 aromatic rings. The molecule has 1 amide bonds. The van der Waals surface area contributed by atoms with Gasteiger partial charge in [-0.2, -0.15) is 0 Å². The van der Waals surface area contributed by atoms with Crippen molar-refractivity contribution in [1.29, 1.82) is 0 Å².